The number of carbonyl (C=O) groups is 1. The normalized spacial score (nSPS) is 11.6. The van der Waals surface area contributed by atoms with Gasteiger partial charge in [0.2, 0.25) is 5.91 Å². The van der Waals surface area contributed by atoms with Crippen molar-refractivity contribution in [1.82, 2.24) is 20.1 Å². The highest BCUT2D eigenvalue weighted by Gasteiger charge is 2.10. The second-order valence-corrected chi connectivity index (χ2v) is 4.08. The van der Waals surface area contributed by atoms with Gasteiger partial charge >= 0.3 is 0 Å². The lowest BCUT2D eigenvalue weighted by atomic mass is 10.1. The summed E-state index contributed by atoms with van der Waals surface area (Å²) in [4.78, 5) is 15.5. The molecule has 0 fully saturated rings. The molecule has 1 aromatic carbocycles. The van der Waals surface area contributed by atoms with Crippen molar-refractivity contribution < 1.29 is 4.79 Å². The Labute approximate surface area is 110 Å². The van der Waals surface area contributed by atoms with Crippen LogP contribution in [0.2, 0.25) is 0 Å². The largest absolute Gasteiger partial charge is 0.348 e. The van der Waals surface area contributed by atoms with Crippen LogP contribution in [0.25, 0.3) is 0 Å². The number of amides is 1. The summed E-state index contributed by atoms with van der Waals surface area (Å²) in [5, 5.41) is 15.3. The molecule has 1 amide bonds. The van der Waals surface area contributed by atoms with Crippen molar-refractivity contribution in [2.75, 3.05) is 0 Å². The fraction of sp³-hybridized carbons (Fsp3) is 0.231. The fourth-order valence-corrected chi connectivity index (χ4v) is 1.68. The van der Waals surface area contributed by atoms with Crippen molar-refractivity contribution in [1.29, 1.82) is 5.26 Å². The molecule has 1 N–H and O–H groups in total. The number of nitrogens with zero attached hydrogens (tertiary/aromatic N) is 4. The molecule has 96 valence electrons. The summed E-state index contributed by atoms with van der Waals surface area (Å²) in [6.07, 6.45) is 1.37. The molecule has 1 aromatic heterocycles. The van der Waals surface area contributed by atoms with Crippen LogP contribution in [-0.2, 0) is 11.3 Å². The van der Waals surface area contributed by atoms with Crippen LogP contribution in [-0.4, -0.2) is 20.7 Å². The Morgan fingerprint density at radius 3 is 2.84 bits per heavy atom. The van der Waals surface area contributed by atoms with Gasteiger partial charge in [-0.25, -0.2) is 9.67 Å². The molecule has 2 rings (SSSR count). The van der Waals surface area contributed by atoms with Gasteiger partial charge in [-0.3, -0.25) is 4.79 Å². The molecule has 2 aromatic rings. The number of aromatic nitrogens is 3. The summed E-state index contributed by atoms with van der Waals surface area (Å²) in [7, 11) is 0. The van der Waals surface area contributed by atoms with Crippen LogP contribution < -0.4 is 5.32 Å². The highest BCUT2D eigenvalue weighted by Crippen LogP contribution is 2.10. The third-order valence-corrected chi connectivity index (χ3v) is 2.62. The first-order valence-corrected chi connectivity index (χ1v) is 5.83. The first-order valence-electron chi connectivity index (χ1n) is 5.83. The number of carbonyl (C=O) groups excluding carboxylic acids is 1. The van der Waals surface area contributed by atoms with E-state index in [0.29, 0.717) is 0 Å². The van der Waals surface area contributed by atoms with Crippen LogP contribution in [0.15, 0.2) is 36.7 Å². The van der Waals surface area contributed by atoms with Gasteiger partial charge in [0.25, 0.3) is 5.82 Å². The van der Waals surface area contributed by atoms with E-state index in [1.807, 2.05) is 43.3 Å². The van der Waals surface area contributed by atoms with Crippen LogP contribution in [0.3, 0.4) is 0 Å². The van der Waals surface area contributed by atoms with E-state index in [2.05, 4.69) is 15.4 Å². The van der Waals surface area contributed by atoms with Crippen molar-refractivity contribution >= 4 is 5.91 Å². The summed E-state index contributed by atoms with van der Waals surface area (Å²) in [5.41, 5.74) is 1.03. The van der Waals surface area contributed by atoms with Gasteiger partial charge in [0.05, 0.1) is 6.04 Å². The summed E-state index contributed by atoms with van der Waals surface area (Å²) in [6.45, 7) is 1.96. The maximum atomic E-state index is 11.8. The summed E-state index contributed by atoms with van der Waals surface area (Å²) < 4.78 is 1.34. The van der Waals surface area contributed by atoms with Gasteiger partial charge in [-0.05, 0) is 12.5 Å². The Morgan fingerprint density at radius 2 is 2.21 bits per heavy atom. The average Bonchev–Trinajstić information content (AvgIpc) is 2.87. The van der Waals surface area contributed by atoms with Gasteiger partial charge < -0.3 is 5.32 Å². The molecule has 19 heavy (non-hydrogen) atoms. The van der Waals surface area contributed by atoms with E-state index in [1.165, 1.54) is 11.0 Å². The quantitative estimate of drug-likeness (QED) is 0.884. The fourth-order valence-electron chi connectivity index (χ4n) is 1.68. The molecule has 0 aliphatic heterocycles. The van der Waals surface area contributed by atoms with Crippen molar-refractivity contribution in [3.05, 3.63) is 48.0 Å². The monoisotopic (exact) mass is 255 g/mol. The maximum Gasteiger partial charge on any atom is 0.252 e. The third kappa shape index (κ3) is 3.39. The molecule has 0 saturated heterocycles. The van der Waals surface area contributed by atoms with E-state index < -0.39 is 0 Å². The number of nitrogens with one attached hydrogen (secondary N) is 1. The van der Waals surface area contributed by atoms with Crippen LogP contribution in [0.1, 0.15) is 24.4 Å². The van der Waals surface area contributed by atoms with Crippen molar-refractivity contribution in [3.8, 4) is 6.07 Å². The Bertz CT molecular complexity index is 599. The first kappa shape index (κ1) is 12.8. The number of hydrogen-bond donors (Lipinski definition) is 1. The van der Waals surface area contributed by atoms with E-state index in [9.17, 15) is 4.79 Å². The molecule has 6 heteroatoms. The van der Waals surface area contributed by atoms with Gasteiger partial charge in [0.1, 0.15) is 18.9 Å². The molecule has 0 aliphatic rings. The molecule has 0 spiro atoms. The van der Waals surface area contributed by atoms with Gasteiger partial charge in [-0.2, -0.15) is 5.26 Å². The van der Waals surface area contributed by atoms with Gasteiger partial charge in [-0.15, -0.1) is 5.10 Å². The molecule has 0 unspecified atom stereocenters. The third-order valence-electron chi connectivity index (χ3n) is 2.62. The van der Waals surface area contributed by atoms with Gasteiger partial charge in [-0.1, -0.05) is 30.3 Å². The lowest BCUT2D eigenvalue weighted by Crippen LogP contribution is -2.30. The van der Waals surface area contributed by atoms with E-state index in [-0.39, 0.29) is 24.3 Å². The van der Waals surface area contributed by atoms with Gasteiger partial charge in [0, 0.05) is 0 Å². The first-order chi connectivity index (χ1) is 9.19. The highest BCUT2D eigenvalue weighted by atomic mass is 16.2. The Hall–Kier alpha value is -2.68. The smallest absolute Gasteiger partial charge is 0.252 e. The van der Waals surface area contributed by atoms with E-state index >= 15 is 0 Å². The molecule has 1 heterocycles. The number of rotatable bonds is 4. The minimum Gasteiger partial charge on any atom is -0.348 e. The Balaban J connectivity index is 1.93. The number of benzene rings is 1. The van der Waals surface area contributed by atoms with Crippen molar-refractivity contribution in [2.45, 2.75) is 19.5 Å². The molecule has 0 aliphatic carbocycles. The van der Waals surface area contributed by atoms with E-state index in [0.717, 1.165) is 5.56 Å². The predicted molar refractivity (Wildman–Crippen MR) is 67.7 cm³/mol. The maximum absolute atomic E-state index is 11.8. The van der Waals surface area contributed by atoms with E-state index in [4.69, 9.17) is 5.26 Å². The Morgan fingerprint density at radius 1 is 1.47 bits per heavy atom. The van der Waals surface area contributed by atoms with Crippen molar-refractivity contribution in [2.24, 2.45) is 0 Å². The number of nitriles is 1. The topological polar surface area (TPSA) is 83.6 Å². The lowest BCUT2D eigenvalue weighted by Gasteiger charge is -2.13. The molecule has 0 bridgehead atoms. The molecule has 0 radical (unpaired) electrons. The molecule has 6 nitrogen and oxygen atoms in total. The SMILES string of the molecule is C[C@@H](NC(=O)Cn1cnc(C#N)n1)c1ccccc1. The Kier molecular flexibility index (Phi) is 3.88. The second kappa shape index (κ2) is 5.78. The van der Waals surface area contributed by atoms with Crippen LogP contribution in [0.4, 0.5) is 0 Å². The zero-order valence-electron chi connectivity index (χ0n) is 10.4. The zero-order chi connectivity index (χ0) is 13.7. The molecular weight excluding hydrogens is 242 g/mol. The standard InChI is InChI=1S/C13H13N5O/c1-10(11-5-3-2-4-6-11)16-13(19)8-18-9-15-12(7-14)17-18/h2-6,9-10H,8H2,1H3,(H,16,19)/t10-/m1/s1. The van der Waals surface area contributed by atoms with Crippen molar-refractivity contribution in [3.63, 3.8) is 0 Å². The second-order valence-electron chi connectivity index (χ2n) is 4.08. The van der Waals surface area contributed by atoms with Crippen LogP contribution in [0, 0.1) is 11.3 Å². The zero-order valence-corrected chi connectivity index (χ0v) is 10.4. The summed E-state index contributed by atoms with van der Waals surface area (Å²) in [5.74, 6) is -0.116. The summed E-state index contributed by atoms with van der Waals surface area (Å²) >= 11 is 0. The minimum atomic E-state index is -0.175. The average molecular weight is 255 g/mol. The van der Waals surface area contributed by atoms with Crippen LogP contribution in [0.5, 0.6) is 0 Å². The number of hydrogen-bond acceptors (Lipinski definition) is 4. The van der Waals surface area contributed by atoms with E-state index in [1.54, 1.807) is 0 Å². The highest BCUT2D eigenvalue weighted by molar-refractivity contribution is 5.76. The predicted octanol–water partition coefficient (Wildman–Crippen LogP) is 1.03. The lowest BCUT2D eigenvalue weighted by molar-refractivity contribution is -0.122. The minimum absolute atomic E-state index is 0.0475. The van der Waals surface area contributed by atoms with Crippen LogP contribution >= 0.6 is 0 Å². The van der Waals surface area contributed by atoms with Gasteiger partial charge in [0.15, 0.2) is 0 Å². The summed E-state index contributed by atoms with van der Waals surface area (Å²) in [6, 6.07) is 11.4. The molecule has 1 atom stereocenters. The molecular formula is C13H13N5O. The molecule has 0 saturated carbocycles.